The molecule has 1 fully saturated rings. The fraction of sp³-hybridized carbons (Fsp3) is 0.621. The number of amides is 4. The van der Waals surface area contributed by atoms with Crippen LogP contribution in [0.15, 0.2) is 30.3 Å². The molecule has 2 rings (SSSR count). The third-order valence-electron chi connectivity index (χ3n) is 6.16. The number of rotatable bonds is 10. The van der Waals surface area contributed by atoms with Gasteiger partial charge < -0.3 is 33.8 Å². The summed E-state index contributed by atoms with van der Waals surface area (Å²) < 4.78 is 16.2. The third-order valence-corrected chi connectivity index (χ3v) is 6.16. The van der Waals surface area contributed by atoms with E-state index in [0.717, 1.165) is 15.4 Å². The van der Waals surface area contributed by atoms with Crippen LogP contribution < -0.4 is 0 Å². The van der Waals surface area contributed by atoms with Crippen molar-refractivity contribution in [2.24, 2.45) is 5.92 Å². The summed E-state index contributed by atoms with van der Waals surface area (Å²) in [6.07, 6.45) is -1.82. The summed E-state index contributed by atoms with van der Waals surface area (Å²) in [5, 5.41) is 0. The van der Waals surface area contributed by atoms with Crippen molar-refractivity contribution in [2.75, 3.05) is 53.4 Å². The van der Waals surface area contributed by atoms with Gasteiger partial charge in [0.1, 0.15) is 25.3 Å². The smallest absolute Gasteiger partial charge is 0.410 e. The van der Waals surface area contributed by atoms with Crippen molar-refractivity contribution in [3.8, 4) is 0 Å². The Morgan fingerprint density at radius 2 is 1.46 bits per heavy atom. The number of benzene rings is 1. The molecule has 1 heterocycles. The van der Waals surface area contributed by atoms with Crippen LogP contribution in [0.4, 0.5) is 9.59 Å². The topological polar surface area (TPSA) is 126 Å². The Balaban J connectivity index is 1.86. The van der Waals surface area contributed by atoms with Crippen molar-refractivity contribution in [1.82, 2.24) is 19.6 Å². The van der Waals surface area contributed by atoms with Crippen LogP contribution in [0.25, 0.3) is 0 Å². The molecule has 0 saturated carbocycles. The van der Waals surface area contributed by atoms with E-state index in [0.29, 0.717) is 19.5 Å². The second kappa shape index (κ2) is 15.2. The van der Waals surface area contributed by atoms with Gasteiger partial charge in [-0.2, -0.15) is 0 Å². The first-order valence-electron chi connectivity index (χ1n) is 13.8. The summed E-state index contributed by atoms with van der Waals surface area (Å²) in [6.45, 7) is 9.63. The number of carbonyl (C=O) groups excluding carboxylic acids is 5. The minimum absolute atomic E-state index is 0.0628. The third kappa shape index (κ3) is 11.7. The normalized spacial score (nSPS) is 14.2. The van der Waals surface area contributed by atoms with Gasteiger partial charge in [0.2, 0.25) is 5.91 Å². The largest absolute Gasteiger partial charge is 0.451 e. The van der Waals surface area contributed by atoms with E-state index < -0.39 is 35.8 Å². The monoisotopic (exact) mass is 576 g/mol. The molecule has 1 saturated heterocycles. The van der Waals surface area contributed by atoms with E-state index in [2.05, 4.69) is 0 Å². The van der Waals surface area contributed by atoms with E-state index in [1.165, 1.54) is 14.1 Å². The van der Waals surface area contributed by atoms with Crippen molar-refractivity contribution < 1.29 is 38.2 Å². The van der Waals surface area contributed by atoms with Gasteiger partial charge in [0.05, 0.1) is 0 Å². The van der Waals surface area contributed by atoms with E-state index in [1.54, 1.807) is 30.6 Å². The van der Waals surface area contributed by atoms with Gasteiger partial charge >= 0.3 is 18.2 Å². The van der Waals surface area contributed by atoms with Gasteiger partial charge in [-0.15, -0.1) is 0 Å². The highest BCUT2D eigenvalue weighted by molar-refractivity contribution is 5.87. The molecule has 0 spiro atoms. The molecular formula is C29H44N4O8. The molecule has 1 aliphatic rings. The Labute approximate surface area is 242 Å². The highest BCUT2D eigenvalue weighted by Gasteiger charge is 2.33. The molecular weight excluding hydrogens is 532 g/mol. The lowest BCUT2D eigenvalue weighted by Gasteiger charge is -2.36. The molecule has 4 amide bonds. The molecule has 1 aliphatic heterocycles. The Kier molecular flexibility index (Phi) is 12.4. The van der Waals surface area contributed by atoms with Crippen molar-refractivity contribution in [1.29, 1.82) is 0 Å². The fourth-order valence-corrected chi connectivity index (χ4v) is 3.96. The molecule has 1 aromatic carbocycles. The van der Waals surface area contributed by atoms with E-state index in [9.17, 15) is 24.0 Å². The molecule has 0 N–H and O–H groups in total. The van der Waals surface area contributed by atoms with Crippen molar-refractivity contribution in [3.63, 3.8) is 0 Å². The summed E-state index contributed by atoms with van der Waals surface area (Å²) in [4.78, 5) is 68.5. The van der Waals surface area contributed by atoms with Gasteiger partial charge in [-0.25, -0.2) is 9.59 Å². The Morgan fingerprint density at radius 1 is 0.878 bits per heavy atom. The number of esters is 1. The van der Waals surface area contributed by atoms with E-state index in [4.69, 9.17) is 14.2 Å². The van der Waals surface area contributed by atoms with Crippen LogP contribution in [0.3, 0.4) is 0 Å². The predicted octanol–water partition coefficient (Wildman–Crippen LogP) is 2.75. The molecule has 0 unspecified atom stereocenters. The van der Waals surface area contributed by atoms with Gasteiger partial charge in [0.15, 0.2) is 6.10 Å². The van der Waals surface area contributed by atoms with Gasteiger partial charge in [0.25, 0.3) is 5.91 Å². The minimum Gasteiger partial charge on any atom is -0.451 e. The molecule has 12 nitrogen and oxygen atoms in total. The molecule has 41 heavy (non-hydrogen) atoms. The molecule has 0 aromatic heterocycles. The Morgan fingerprint density at radius 3 is 2.02 bits per heavy atom. The average molecular weight is 577 g/mol. The van der Waals surface area contributed by atoms with Crippen LogP contribution in [0.2, 0.25) is 0 Å². The van der Waals surface area contributed by atoms with Gasteiger partial charge in [-0.1, -0.05) is 44.2 Å². The average Bonchev–Trinajstić information content (AvgIpc) is 2.90. The lowest BCUT2D eigenvalue weighted by Crippen LogP contribution is -2.54. The highest BCUT2D eigenvalue weighted by Crippen LogP contribution is 2.15. The van der Waals surface area contributed by atoms with E-state index in [-0.39, 0.29) is 44.6 Å². The van der Waals surface area contributed by atoms with Gasteiger partial charge in [-0.05, 0) is 38.7 Å². The lowest BCUT2D eigenvalue weighted by atomic mass is 10.0. The zero-order valence-electron chi connectivity index (χ0n) is 25.3. The number of piperazine rings is 1. The molecule has 228 valence electrons. The van der Waals surface area contributed by atoms with Gasteiger partial charge in [-0.3, -0.25) is 14.4 Å². The van der Waals surface area contributed by atoms with Crippen LogP contribution in [-0.2, 0) is 35.2 Å². The van der Waals surface area contributed by atoms with Crippen molar-refractivity contribution in [3.05, 3.63) is 35.9 Å². The maximum Gasteiger partial charge on any atom is 0.410 e. The number of ether oxygens (including phenoxy) is 3. The van der Waals surface area contributed by atoms with Crippen LogP contribution >= 0.6 is 0 Å². The predicted molar refractivity (Wildman–Crippen MR) is 151 cm³/mol. The molecule has 1 aromatic rings. The standard InChI is InChI=1S/C29H44N4O8/c1-21(2)17-23(40-25(35)19-30(6)24(34)18-31(7)27(37)41-29(3,4)5)26(36)32-13-15-33(16-14-32)28(38)39-20-22-11-9-8-10-12-22/h8-12,21,23H,13-20H2,1-7H3/t23-/m0/s1. The number of hydrogen-bond acceptors (Lipinski definition) is 8. The maximum atomic E-state index is 13.3. The molecule has 0 bridgehead atoms. The first-order valence-corrected chi connectivity index (χ1v) is 13.8. The highest BCUT2D eigenvalue weighted by atomic mass is 16.6. The van der Waals surface area contributed by atoms with E-state index in [1.807, 2.05) is 44.2 Å². The first kappa shape index (κ1) is 33.4. The molecule has 0 aliphatic carbocycles. The van der Waals surface area contributed by atoms with E-state index >= 15 is 0 Å². The van der Waals surface area contributed by atoms with Crippen molar-refractivity contribution >= 4 is 30.0 Å². The lowest BCUT2D eigenvalue weighted by molar-refractivity contribution is -0.163. The summed E-state index contributed by atoms with van der Waals surface area (Å²) >= 11 is 0. The van der Waals surface area contributed by atoms with Crippen LogP contribution in [0.5, 0.6) is 0 Å². The first-order chi connectivity index (χ1) is 19.2. The molecule has 12 heteroatoms. The Hall–Kier alpha value is -3.83. The number of carbonyl (C=O) groups is 5. The summed E-state index contributed by atoms with van der Waals surface area (Å²) in [6, 6.07) is 9.37. The number of nitrogens with zero attached hydrogens (tertiary/aromatic N) is 4. The zero-order valence-corrected chi connectivity index (χ0v) is 25.3. The maximum absolute atomic E-state index is 13.3. The van der Waals surface area contributed by atoms with Crippen molar-refractivity contribution in [2.45, 2.75) is 59.4 Å². The number of hydrogen-bond donors (Lipinski definition) is 0. The molecule has 1 atom stereocenters. The summed E-state index contributed by atoms with van der Waals surface area (Å²) in [7, 11) is 2.85. The SMILES string of the molecule is CC(C)C[C@H](OC(=O)CN(C)C(=O)CN(C)C(=O)OC(C)(C)C)C(=O)N1CCN(C(=O)OCc2ccccc2)CC1. The van der Waals surface area contributed by atoms with Crippen LogP contribution in [0.1, 0.15) is 46.6 Å². The second-order valence-electron chi connectivity index (χ2n) is 11.5. The van der Waals surface area contributed by atoms with Gasteiger partial charge in [0, 0.05) is 40.3 Å². The zero-order chi connectivity index (χ0) is 30.7. The summed E-state index contributed by atoms with van der Waals surface area (Å²) in [5.41, 5.74) is 0.177. The quantitative estimate of drug-likeness (QED) is 0.308. The molecule has 0 radical (unpaired) electrons. The van der Waals surface area contributed by atoms with Crippen LogP contribution in [-0.4, -0.2) is 115 Å². The Bertz CT molecular complexity index is 1050. The fourth-order valence-electron chi connectivity index (χ4n) is 3.96. The summed E-state index contributed by atoms with van der Waals surface area (Å²) in [5.74, 6) is -1.50. The number of likely N-dealkylation sites (N-methyl/N-ethyl adjacent to an activating group) is 2. The van der Waals surface area contributed by atoms with Crippen LogP contribution in [0, 0.1) is 5.92 Å². The minimum atomic E-state index is -1.02. The second-order valence-corrected chi connectivity index (χ2v) is 11.5.